The molecule has 0 fully saturated rings. The number of imidazole rings is 1. The first kappa shape index (κ1) is 17.2. The van der Waals surface area contributed by atoms with Gasteiger partial charge in [-0.25, -0.2) is 4.98 Å². The van der Waals surface area contributed by atoms with E-state index >= 15 is 0 Å². The van der Waals surface area contributed by atoms with Crippen LogP contribution in [-0.2, 0) is 0 Å². The van der Waals surface area contributed by atoms with E-state index in [1.165, 1.54) is 16.7 Å². The summed E-state index contributed by atoms with van der Waals surface area (Å²) >= 11 is 0. The van der Waals surface area contributed by atoms with Gasteiger partial charge in [-0.2, -0.15) is 0 Å². The van der Waals surface area contributed by atoms with E-state index in [0.29, 0.717) is 5.92 Å². The Morgan fingerprint density at radius 1 is 1.22 bits per heavy atom. The third-order valence-corrected chi connectivity index (χ3v) is 4.24. The third kappa shape index (κ3) is 3.98. The second-order valence-electron chi connectivity index (χ2n) is 5.90. The van der Waals surface area contributed by atoms with Crippen molar-refractivity contribution in [3.63, 3.8) is 0 Å². The van der Waals surface area contributed by atoms with Crippen molar-refractivity contribution in [2.75, 3.05) is 0 Å². The highest BCUT2D eigenvalue weighted by molar-refractivity contribution is 5.67. The van der Waals surface area contributed by atoms with Gasteiger partial charge in [0.1, 0.15) is 0 Å². The Hall–Kier alpha value is -2.16. The molecule has 122 valence electrons. The molecule has 0 saturated carbocycles. The summed E-state index contributed by atoms with van der Waals surface area (Å²) in [7, 11) is 0. The van der Waals surface area contributed by atoms with Crippen molar-refractivity contribution in [1.82, 2.24) is 14.5 Å². The van der Waals surface area contributed by atoms with Crippen LogP contribution in [0.1, 0.15) is 58.3 Å². The van der Waals surface area contributed by atoms with Gasteiger partial charge in [-0.05, 0) is 43.4 Å². The molecule has 3 heteroatoms. The molecule has 1 aliphatic carbocycles. The second-order valence-corrected chi connectivity index (χ2v) is 5.90. The number of hydrogen-bond donors (Lipinski definition) is 0. The van der Waals surface area contributed by atoms with Crippen molar-refractivity contribution in [2.24, 2.45) is 5.92 Å². The summed E-state index contributed by atoms with van der Waals surface area (Å²) in [6.07, 6.45) is 13.2. The average Bonchev–Trinajstić information content (AvgIpc) is 3.11. The molecule has 2 aromatic rings. The van der Waals surface area contributed by atoms with E-state index in [4.69, 9.17) is 0 Å². The maximum absolute atomic E-state index is 4.68. The zero-order chi connectivity index (χ0) is 16.8. The molecule has 0 saturated heterocycles. The first-order valence-corrected chi connectivity index (χ1v) is 8.46. The molecule has 0 spiro atoms. The minimum Gasteiger partial charge on any atom is -0.330 e. The molecule has 0 amide bonds. The minimum atomic E-state index is 0.258. The quantitative estimate of drug-likeness (QED) is 0.772. The van der Waals surface area contributed by atoms with Crippen LogP contribution in [0.5, 0.6) is 0 Å². The van der Waals surface area contributed by atoms with Crippen LogP contribution in [0.25, 0.3) is 5.57 Å². The van der Waals surface area contributed by atoms with E-state index in [1.54, 1.807) is 0 Å². The van der Waals surface area contributed by atoms with Crippen molar-refractivity contribution >= 4 is 5.57 Å². The van der Waals surface area contributed by atoms with Crippen molar-refractivity contribution in [1.29, 1.82) is 0 Å². The van der Waals surface area contributed by atoms with Crippen LogP contribution in [0.2, 0.25) is 0 Å². The van der Waals surface area contributed by atoms with Crippen LogP contribution in [0.3, 0.4) is 0 Å². The number of allylic oxidation sites excluding steroid dienone is 4. The van der Waals surface area contributed by atoms with Gasteiger partial charge < -0.3 is 4.57 Å². The zero-order valence-electron chi connectivity index (χ0n) is 14.8. The Kier molecular flexibility index (Phi) is 5.91. The fraction of sp³-hybridized carbons (Fsp3) is 0.400. The molecule has 0 aliphatic heterocycles. The molecule has 3 nitrogen and oxygen atoms in total. The number of hydrogen-bond acceptors (Lipinski definition) is 2. The topological polar surface area (TPSA) is 30.7 Å². The molecule has 2 unspecified atom stereocenters. The lowest BCUT2D eigenvalue weighted by Crippen LogP contribution is -2.07. The lowest BCUT2D eigenvalue weighted by molar-refractivity contribution is 0.635. The molecule has 0 aromatic carbocycles. The zero-order valence-corrected chi connectivity index (χ0v) is 14.8. The Morgan fingerprint density at radius 2 is 2.00 bits per heavy atom. The van der Waals surface area contributed by atoms with Gasteiger partial charge in [-0.15, -0.1) is 0 Å². The lowest BCUT2D eigenvalue weighted by Gasteiger charge is -2.20. The molecule has 2 aromatic heterocycles. The molecular weight excluding hydrogens is 282 g/mol. The molecule has 23 heavy (non-hydrogen) atoms. The summed E-state index contributed by atoms with van der Waals surface area (Å²) < 4.78 is 2.09. The van der Waals surface area contributed by atoms with Crippen molar-refractivity contribution < 1.29 is 0 Å². The molecule has 1 aliphatic rings. The molecule has 3 rings (SSSR count). The van der Waals surface area contributed by atoms with Gasteiger partial charge in [0, 0.05) is 18.6 Å². The van der Waals surface area contributed by atoms with Gasteiger partial charge in [0.25, 0.3) is 0 Å². The Labute approximate surface area is 139 Å². The predicted octanol–water partition coefficient (Wildman–Crippen LogP) is 5.28. The van der Waals surface area contributed by atoms with Gasteiger partial charge in [0.2, 0.25) is 0 Å². The Balaban J connectivity index is 0.000000924. The first-order chi connectivity index (χ1) is 11.1. The smallest absolute Gasteiger partial charge is 0.0951 e. The van der Waals surface area contributed by atoms with Gasteiger partial charge in [0.15, 0.2) is 0 Å². The second kappa shape index (κ2) is 7.91. The largest absolute Gasteiger partial charge is 0.330 e. The van der Waals surface area contributed by atoms with E-state index in [2.05, 4.69) is 59.6 Å². The molecule has 2 heterocycles. The van der Waals surface area contributed by atoms with Crippen LogP contribution >= 0.6 is 0 Å². The highest BCUT2D eigenvalue weighted by Crippen LogP contribution is 2.31. The average molecular weight is 309 g/mol. The first-order valence-electron chi connectivity index (χ1n) is 8.46. The van der Waals surface area contributed by atoms with E-state index in [1.807, 2.05) is 38.8 Å². The Morgan fingerprint density at radius 3 is 2.57 bits per heavy atom. The van der Waals surface area contributed by atoms with Crippen LogP contribution in [-0.4, -0.2) is 14.5 Å². The van der Waals surface area contributed by atoms with E-state index in [-0.39, 0.29) is 6.04 Å². The minimum absolute atomic E-state index is 0.258. The SMILES string of the molecule is CC.CC1=CC=C(c2ccc(C(C)n3ccnc3)cn2)C(C)C1. The number of nitrogens with zero attached hydrogens (tertiary/aromatic N) is 3. The van der Waals surface area contributed by atoms with Crippen LogP contribution in [0.15, 0.2) is 54.8 Å². The summed E-state index contributed by atoms with van der Waals surface area (Å²) in [4.78, 5) is 8.78. The summed E-state index contributed by atoms with van der Waals surface area (Å²) in [6.45, 7) is 10.6. The summed E-state index contributed by atoms with van der Waals surface area (Å²) in [5.74, 6) is 0.541. The van der Waals surface area contributed by atoms with Crippen LogP contribution < -0.4 is 0 Å². The van der Waals surface area contributed by atoms with Crippen LogP contribution in [0, 0.1) is 5.92 Å². The van der Waals surface area contributed by atoms with Gasteiger partial charge >= 0.3 is 0 Å². The Bertz CT molecular complexity index is 663. The molecule has 0 radical (unpaired) electrons. The number of pyridine rings is 1. The van der Waals surface area contributed by atoms with Crippen LogP contribution in [0.4, 0.5) is 0 Å². The molecule has 0 N–H and O–H groups in total. The summed E-state index contributed by atoms with van der Waals surface area (Å²) in [5, 5.41) is 0. The van der Waals surface area contributed by atoms with Crippen molar-refractivity contribution in [2.45, 2.75) is 47.1 Å². The number of rotatable bonds is 3. The standard InChI is InChI=1S/C18H21N3.C2H6/c1-13-4-6-17(14(2)10-13)18-7-5-16(11-20-18)15(3)21-9-8-19-12-21;1-2/h4-9,11-12,14-15H,10H2,1-3H3;1-2H3. The van der Waals surface area contributed by atoms with E-state index < -0.39 is 0 Å². The normalized spacial score (nSPS) is 18.4. The van der Waals surface area contributed by atoms with E-state index in [9.17, 15) is 0 Å². The van der Waals surface area contributed by atoms with Gasteiger partial charge in [-0.3, -0.25) is 4.98 Å². The highest BCUT2D eigenvalue weighted by Gasteiger charge is 2.16. The highest BCUT2D eigenvalue weighted by atomic mass is 15.0. The monoisotopic (exact) mass is 309 g/mol. The fourth-order valence-corrected chi connectivity index (χ4v) is 2.89. The maximum Gasteiger partial charge on any atom is 0.0951 e. The third-order valence-electron chi connectivity index (χ3n) is 4.24. The predicted molar refractivity (Wildman–Crippen MR) is 97.1 cm³/mol. The maximum atomic E-state index is 4.68. The summed E-state index contributed by atoms with van der Waals surface area (Å²) in [5.41, 5.74) is 5.07. The molecular formula is C20H27N3. The fourth-order valence-electron chi connectivity index (χ4n) is 2.89. The van der Waals surface area contributed by atoms with Crippen molar-refractivity contribution in [3.05, 3.63) is 66.0 Å². The number of aromatic nitrogens is 3. The van der Waals surface area contributed by atoms with Gasteiger partial charge in [0.05, 0.1) is 18.1 Å². The lowest BCUT2D eigenvalue weighted by atomic mass is 9.87. The summed E-state index contributed by atoms with van der Waals surface area (Å²) in [6, 6.07) is 4.57. The molecule has 2 atom stereocenters. The van der Waals surface area contributed by atoms with Gasteiger partial charge in [-0.1, -0.05) is 44.6 Å². The molecule has 0 bridgehead atoms. The van der Waals surface area contributed by atoms with Crippen molar-refractivity contribution in [3.8, 4) is 0 Å². The van der Waals surface area contributed by atoms with E-state index in [0.717, 1.165) is 12.1 Å².